The van der Waals surface area contributed by atoms with Gasteiger partial charge in [0, 0.05) is 24.8 Å². The molecule has 2 aromatic rings. The van der Waals surface area contributed by atoms with E-state index in [1.807, 2.05) is 30.3 Å². The number of hydrogen-bond acceptors (Lipinski definition) is 5. The van der Waals surface area contributed by atoms with Crippen molar-refractivity contribution < 1.29 is 14.3 Å². The molecule has 2 heterocycles. The summed E-state index contributed by atoms with van der Waals surface area (Å²) in [5.41, 5.74) is 1.06. The number of hydrogen-bond donors (Lipinski definition) is 0. The summed E-state index contributed by atoms with van der Waals surface area (Å²) >= 11 is 0. The van der Waals surface area contributed by atoms with E-state index < -0.39 is 17.6 Å². The van der Waals surface area contributed by atoms with Crippen LogP contribution in [-0.2, 0) is 4.74 Å². The highest BCUT2D eigenvalue weighted by Gasteiger charge is 2.35. The second kappa shape index (κ2) is 7.88. The number of ether oxygens (including phenoxy) is 1. The summed E-state index contributed by atoms with van der Waals surface area (Å²) in [6.45, 7) is 6.63. The number of carbonyl (C=O) groups is 2. The third-order valence-corrected chi connectivity index (χ3v) is 4.18. The van der Waals surface area contributed by atoms with Crippen LogP contribution in [-0.4, -0.2) is 45.7 Å². The zero-order chi connectivity index (χ0) is 19.4. The molecule has 1 aromatic heterocycles. The molecule has 0 unspecified atom stereocenters. The minimum absolute atomic E-state index is 0.369. The fourth-order valence-electron chi connectivity index (χ4n) is 3.01. The Hall–Kier alpha value is -2.73. The van der Waals surface area contributed by atoms with Crippen LogP contribution < -0.4 is 0 Å². The highest BCUT2D eigenvalue weighted by atomic mass is 16.6. The van der Waals surface area contributed by atoms with Gasteiger partial charge in [-0.3, -0.25) is 9.78 Å². The van der Waals surface area contributed by atoms with E-state index in [1.165, 1.54) is 6.20 Å². The predicted octanol–water partition coefficient (Wildman–Crippen LogP) is 3.94. The van der Waals surface area contributed by atoms with Gasteiger partial charge in [-0.2, -0.15) is 5.01 Å². The molecular formula is C21H24N3O3. The van der Waals surface area contributed by atoms with Crippen LogP contribution in [0.15, 0.2) is 42.6 Å². The fourth-order valence-corrected chi connectivity index (χ4v) is 3.01. The summed E-state index contributed by atoms with van der Waals surface area (Å²) in [4.78, 5) is 30.3. The topological polar surface area (TPSA) is 62.7 Å². The number of rotatable bonds is 3. The van der Waals surface area contributed by atoms with Crippen molar-refractivity contribution in [1.82, 2.24) is 15.0 Å². The van der Waals surface area contributed by atoms with Crippen LogP contribution in [0.4, 0.5) is 4.79 Å². The Morgan fingerprint density at radius 1 is 1.11 bits per heavy atom. The van der Waals surface area contributed by atoms with Crippen LogP contribution in [0.3, 0.4) is 0 Å². The average molecular weight is 366 g/mol. The molecule has 1 aliphatic heterocycles. The molecule has 2 amide bonds. The third kappa shape index (κ3) is 4.52. The van der Waals surface area contributed by atoms with Gasteiger partial charge in [0.15, 0.2) is 0 Å². The van der Waals surface area contributed by atoms with E-state index in [-0.39, 0.29) is 0 Å². The number of benzene rings is 1. The standard InChI is InChI=1S/C21H24N3O3/c1-21(2,3)27-20(26)24(23-13-7-8-14-23)19(25)17-11-12-22-15-18(17)16-9-5-4-6-10-16/h4-6,9-12H,7-8,13-14H2,1-3H3. The first-order valence-corrected chi connectivity index (χ1v) is 9.11. The molecule has 1 aromatic carbocycles. The number of pyridine rings is 1. The number of nitrogens with zero attached hydrogens (tertiary/aromatic N) is 3. The molecule has 0 saturated carbocycles. The first kappa shape index (κ1) is 19.0. The lowest BCUT2D eigenvalue weighted by Gasteiger charge is -2.32. The Morgan fingerprint density at radius 3 is 2.41 bits per heavy atom. The average Bonchev–Trinajstić information content (AvgIpc) is 3.15. The van der Waals surface area contributed by atoms with E-state index in [9.17, 15) is 9.59 Å². The quantitative estimate of drug-likeness (QED) is 0.823. The Morgan fingerprint density at radius 2 is 1.78 bits per heavy atom. The van der Waals surface area contributed by atoms with Gasteiger partial charge in [0.25, 0.3) is 5.91 Å². The molecule has 1 fully saturated rings. The third-order valence-electron chi connectivity index (χ3n) is 4.18. The van der Waals surface area contributed by atoms with E-state index in [1.54, 1.807) is 31.8 Å². The number of hydrazine groups is 1. The van der Waals surface area contributed by atoms with Crippen molar-refractivity contribution in [1.29, 1.82) is 0 Å². The van der Waals surface area contributed by atoms with Crippen molar-refractivity contribution in [3.8, 4) is 11.1 Å². The molecule has 0 bridgehead atoms. The van der Waals surface area contributed by atoms with Gasteiger partial charge in [-0.1, -0.05) is 30.3 Å². The normalized spacial score (nSPS) is 14.8. The number of aromatic nitrogens is 1. The molecule has 0 aliphatic carbocycles. The molecule has 6 nitrogen and oxygen atoms in total. The summed E-state index contributed by atoms with van der Waals surface area (Å²) in [5, 5.41) is 2.89. The lowest BCUT2D eigenvalue weighted by atomic mass is 10.0. The van der Waals surface area contributed by atoms with Crippen molar-refractivity contribution in [2.75, 3.05) is 13.1 Å². The van der Waals surface area contributed by atoms with Gasteiger partial charge in [-0.05, 0) is 45.2 Å². The molecule has 0 atom stereocenters. The molecule has 0 N–H and O–H groups in total. The van der Waals surface area contributed by atoms with Crippen LogP contribution in [0.1, 0.15) is 44.0 Å². The Kier molecular flexibility index (Phi) is 5.56. The number of imide groups is 1. The first-order chi connectivity index (χ1) is 12.9. The zero-order valence-corrected chi connectivity index (χ0v) is 15.9. The lowest BCUT2D eigenvalue weighted by Crippen LogP contribution is -2.50. The summed E-state index contributed by atoms with van der Waals surface area (Å²) in [5.74, 6) is -0.427. The first-order valence-electron chi connectivity index (χ1n) is 9.11. The minimum atomic E-state index is -0.692. The minimum Gasteiger partial charge on any atom is -0.442 e. The Bertz CT molecular complexity index is 809. The van der Waals surface area contributed by atoms with Crippen molar-refractivity contribution in [3.63, 3.8) is 0 Å². The maximum atomic E-state index is 13.4. The van der Waals surface area contributed by atoms with E-state index in [2.05, 4.69) is 11.2 Å². The Balaban J connectivity index is 1.99. The van der Waals surface area contributed by atoms with Gasteiger partial charge in [0.05, 0.1) is 11.8 Å². The van der Waals surface area contributed by atoms with E-state index in [0.29, 0.717) is 24.2 Å². The van der Waals surface area contributed by atoms with Crippen LogP contribution in [0.25, 0.3) is 11.1 Å². The molecular weight excluding hydrogens is 342 g/mol. The molecule has 1 saturated heterocycles. The van der Waals surface area contributed by atoms with E-state index >= 15 is 0 Å². The van der Waals surface area contributed by atoms with Crippen molar-refractivity contribution in [2.45, 2.75) is 39.2 Å². The maximum absolute atomic E-state index is 13.4. The summed E-state index contributed by atoms with van der Waals surface area (Å²) < 4.78 is 5.50. The van der Waals surface area contributed by atoms with Gasteiger partial charge in [0.2, 0.25) is 0 Å². The van der Waals surface area contributed by atoms with Gasteiger partial charge >= 0.3 is 6.09 Å². The van der Waals surface area contributed by atoms with Crippen LogP contribution in [0.2, 0.25) is 0 Å². The summed E-state index contributed by atoms with van der Waals surface area (Å²) in [7, 11) is 0. The van der Waals surface area contributed by atoms with Crippen LogP contribution >= 0.6 is 0 Å². The van der Waals surface area contributed by atoms with E-state index in [0.717, 1.165) is 23.4 Å². The van der Waals surface area contributed by atoms with Gasteiger partial charge in [0.1, 0.15) is 5.60 Å². The zero-order valence-electron chi connectivity index (χ0n) is 15.9. The largest absolute Gasteiger partial charge is 0.442 e. The summed E-state index contributed by atoms with van der Waals surface area (Å²) in [6, 6.07) is 11.1. The second-order valence-electron chi connectivity index (χ2n) is 7.47. The van der Waals surface area contributed by atoms with Gasteiger partial charge in [-0.15, -0.1) is 0 Å². The molecule has 3 rings (SSSR count). The predicted molar refractivity (Wildman–Crippen MR) is 102 cm³/mol. The monoisotopic (exact) mass is 366 g/mol. The fraction of sp³-hybridized carbons (Fsp3) is 0.381. The maximum Gasteiger partial charge on any atom is 0.432 e. The van der Waals surface area contributed by atoms with Crippen molar-refractivity contribution in [2.24, 2.45) is 0 Å². The molecule has 27 heavy (non-hydrogen) atoms. The van der Waals surface area contributed by atoms with Crippen molar-refractivity contribution in [3.05, 3.63) is 54.4 Å². The molecule has 1 aliphatic rings. The highest BCUT2D eigenvalue weighted by molar-refractivity contribution is 6.06. The smallest absolute Gasteiger partial charge is 0.432 e. The van der Waals surface area contributed by atoms with E-state index in [4.69, 9.17) is 4.74 Å². The molecule has 6 heteroatoms. The second-order valence-corrected chi connectivity index (χ2v) is 7.47. The highest BCUT2D eigenvalue weighted by Crippen LogP contribution is 2.25. The molecule has 1 radical (unpaired) electrons. The molecule has 0 spiro atoms. The SMILES string of the molecule is CC(C)(C)OC(=O)N(C(=O)c1ccn[c]c1-c1ccccc1)N1CCCC1. The molecule has 141 valence electrons. The van der Waals surface area contributed by atoms with Crippen LogP contribution in [0, 0.1) is 6.20 Å². The Labute approximate surface area is 159 Å². The van der Waals surface area contributed by atoms with Gasteiger partial charge < -0.3 is 4.74 Å². The summed E-state index contributed by atoms with van der Waals surface area (Å²) in [6.07, 6.45) is 5.61. The van der Waals surface area contributed by atoms with Gasteiger partial charge in [-0.25, -0.2) is 9.80 Å². The number of amides is 2. The van der Waals surface area contributed by atoms with Crippen LogP contribution in [0.5, 0.6) is 0 Å². The van der Waals surface area contributed by atoms with Crippen molar-refractivity contribution >= 4 is 12.0 Å². The number of carbonyl (C=O) groups excluding carboxylic acids is 2. The lowest BCUT2D eigenvalue weighted by molar-refractivity contribution is -0.0279.